The highest BCUT2D eigenvalue weighted by atomic mass is 79.9. The topological polar surface area (TPSA) is 319 Å². The summed E-state index contributed by atoms with van der Waals surface area (Å²) in [4.78, 5) is 72.6. The normalized spacial score (nSPS) is 18.1. The Balaban J connectivity index is 0.000000178. The standard InChI is InChI=1S/C31H38N8O4.C23H30BrN3O4.C12H24B2O4.C8H8ClN5/c1-30(2,3)27-37-36-26(42-27)25(40)15-19-11-13-39(29(41)43-31(4,5)6)17-21-14-20(8-9-23(19)21)24-10-12-32-28(35-24)34-22-16-33-38(7)18-22;1-22(2,3)20-26-25-19(30-20)18(28)12-14-9-10-27(21(29)31-23(4,5)6)13-15-11-16(24)7-8-17(14)15;1-9(2)10(3,4)16-13(15-9)14-17-11(5,6)12(7,8)18-14;1-14-5-6(4-11-14)12-8-10-3-2-7(9)13-8/h8-10,12,14,16,18-19H,11,13,15,17H2,1-7H3,(H,32,34,35);7-8,11,14H,9-10,12-13H2,1-6H3;1-8H3;2-5H,1H3,(H,10,12,13). The molecule has 0 saturated carbocycles. The third kappa shape index (κ3) is 21.4. The Morgan fingerprint density at radius 3 is 1.36 bits per heavy atom. The average Bonchev–Trinajstić information content (AvgIpc) is 1.59. The first-order valence-electron chi connectivity index (χ1n) is 35.4. The summed E-state index contributed by atoms with van der Waals surface area (Å²) >= 11 is 9.22. The quantitative estimate of drug-likeness (QED) is 0.0652. The van der Waals surface area contributed by atoms with Gasteiger partial charge in [-0.3, -0.25) is 19.0 Å². The number of amides is 2. The summed E-state index contributed by atoms with van der Waals surface area (Å²) in [7, 11) is 2.72. The number of benzene rings is 2. The molecule has 0 bridgehead atoms. The van der Waals surface area contributed by atoms with E-state index in [1.54, 1.807) is 50.0 Å². The van der Waals surface area contributed by atoms with Gasteiger partial charge in [-0.1, -0.05) is 87.3 Å². The lowest BCUT2D eigenvalue weighted by Gasteiger charge is -2.32. The highest BCUT2D eigenvalue weighted by Crippen LogP contribution is 2.44. The number of nitrogens with zero attached hydrogens (tertiary/aromatic N) is 14. The van der Waals surface area contributed by atoms with Gasteiger partial charge in [0.05, 0.1) is 51.9 Å². The highest BCUT2D eigenvalue weighted by Gasteiger charge is 2.64. The fourth-order valence-electron chi connectivity index (χ4n) is 11.4. The molecule has 2 atom stereocenters. The third-order valence-corrected chi connectivity index (χ3v) is 19.1. The van der Waals surface area contributed by atoms with Gasteiger partial charge in [-0.25, -0.2) is 29.5 Å². The maximum Gasteiger partial charge on any atom is 0.488 e. The van der Waals surface area contributed by atoms with Crippen molar-refractivity contribution in [3.63, 3.8) is 0 Å². The lowest BCUT2D eigenvalue weighted by Crippen LogP contribution is -2.41. The monoisotopic (exact) mass is 1540 g/mol. The molecular formula is C74H100B2BrClN16O12. The van der Waals surface area contributed by atoms with Crippen LogP contribution in [0.3, 0.4) is 0 Å². The van der Waals surface area contributed by atoms with Crippen LogP contribution < -0.4 is 10.6 Å². The molecule has 10 heterocycles. The second-order valence-electron chi connectivity index (χ2n) is 32.9. The summed E-state index contributed by atoms with van der Waals surface area (Å²) in [5, 5.41) is 30.8. The maximum atomic E-state index is 13.3. The van der Waals surface area contributed by atoms with Gasteiger partial charge in [0.15, 0.2) is 0 Å². The Morgan fingerprint density at radius 2 is 0.972 bits per heavy atom. The Bertz CT molecular complexity index is 4350. The molecule has 2 N–H and O–H groups in total. The first-order valence-corrected chi connectivity index (χ1v) is 36.5. The van der Waals surface area contributed by atoms with E-state index in [-0.39, 0.29) is 87.4 Å². The molecule has 2 fully saturated rings. The molecule has 106 heavy (non-hydrogen) atoms. The summed E-state index contributed by atoms with van der Waals surface area (Å²) in [6.07, 6.45) is 11.2. The molecular weight excluding hydrogens is 1440 g/mol. The van der Waals surface area contributed by atoms with E-state index in [1.807, 2.05) is 207 Å². The van der Waals surface area contributed by atoms with Crippen molar-refractivity contribution in [1.82, 2.24) is 69.7 Å². The number of ether oxygens (including phenoxy) is 2. The minimum atomic E-state index is -0.634. The average molecular weight is 1540 g/mol. The van der Waals surface area contributed by atoms with Crippen LogP contribution in [0, 0.1) is 0 Å². The number of carbonyl (C=O) groups excluding carboxylic acids is 4. The van der Waals surface area contributed by atoms with Crippen LogP contribution in [0.5, 0.6) is 0 Å². The van der Waals surface area contributed by atoms with E-state index < -0.39 is 31.3 Å². The zero-order valence-corrected chi connectivity index (χ0v) is 67.3. The van der Waals surface area contributed by atoms with E-state index >= 15 is 0 Å². The third-order valence-electron chi connectivity index (χ3n) is 18.4. The Labute approximate surface area is 634 Å². The molecule has 0 aliphatic carbocycles. The van der Waals surface area contributed by atoms with Crippen LogP contribution in [0.15, 0.2) is 99.0 Å². The van der Waals surface area contributed by atoms with E-state index in [0.29, 0.717) is 73.5 Å². The van der Waals surface area contributed by atoms with Crippen LogP contribution in [-0.2, 0) is 66.1 Å². The van der Waals surface area contributed by atoms with E-state index in [0.717, 1.165) is 43.7 Å². The Morgan fingerprint density at radius 1 is 0.566 bits per heavy atom. The van der Waals surface area contributed by atoms with Crippen LogP contribution in [0.25, 0.3) is 11.3 Å². The predicted molar refractivity (Wildman–Crippen MR) is 406 cm³/mol. The SMILES string of the molecule is CC(C)(C)OC(=O)N1CCC(CC(=O)c2nnc(C(C)(C)C)o2)c2ccc(Br)cc2C1.CC1(C)OB(B2OC(C)(C)C(C)(C)O2)OC1(C)C.Cn1cc(Nc2nccc(-c3ccc4c(c3)CN(C(=O)OC(C)(C)C)CCC4CC(=O)c3nnc(C(C)(C)C)o3)n2)cn1.Cn1cc(Nc2nccc(Cl)n2)cn1. The fraction of sp³-hybridized carbons (Fsp3) is 0.541. The first-order chi connectivity index (χ1) is 49.2. The number of rotatable bonds is 12. The van der Waals surface area contributed by atoms with Gasteiger partial charge in [0.25, 0.3) is 11.8 Å². The van der Waals surface area contributed by atoms with Crippen LogP contribution in [-0.4, -0.2) is 154 Å². The van der Waals surface area contributed by atoms with Crippen molar-refractivity contribution in [2.24, 2.45) is 14.1 Å². The molecule has 0 radical (unpaired) electrons. The molecule has 2 unspecified atom stereocenters. The number of ketones is 2. The number of nitrogens with one attached hydrogen (secondary N) is 2. The van der Waals surface area contributed by atoms with Crippen molar-refractivity contribution >= 4 is 88.6 Å². The molecule has 2 saturated heterocycles. The van der Waals surface area contributed by atoms with Crippen LogP contribution in [0.4, 0.5) is 32.9 Å². The van der Waals surface area contributed by atoms with Gasteiger partial charge in [-0.05, 0) is 174 Å². The molecule has 2 amide bonds. The lowest BCUT2D eigenvalue weighted by atomic mass is 9.49. The zero-order valence-electron chi connectivity index (χ0n) is 65.0. The van der Waals surface area contributed by atoms with E-state index in [1.165, 1.54) is 0 Å². The molecule has 4 aliphatic heterocycles. The zero-order chi connectivity index (χ0) is 77.9. The van der Waals surface area contributed by atoms with Crippen LogP contribution in [0.2, 0.25) is 5.15 Å². The number of fused-ring (bicyclic) bond motifs is 2. The smallest absolute Gasteiger partial charge is 0.444 e. The summed E-state index contributed by atoms with van der Waals surface area (Å²) in [5.74, 6) is 1.16. The summed E-state index contributed by atoms with van der Waals surface area (Å²) in [5.41, 5.74) is 3.81. The number of anilines is 4. The number of halogens is 2. The van der Waals surface area contributed by atoms with Gasteiger partial charge in [-0.2, -0.15) is 10.2 Å². The van der Waals surface area contributed by atoms with Gasteiger partial charge >= 0.3 is 26.2 Å². The molecule has 2 aromatic carbocycles. The van der Waals surface area contributed by atoms with E-state index in [9.17, 15) is 19.2 Å². The first kappa shape index (κ1) is 81.6. The number of hydrogen-bond acceptors (Lipinski definition) is 24. The molecule has 568 valence electrons. The van der Waals surface area contributed by atoms with Gasteiger partial charge in [0, 0.05) is 98.8 Å². The van der Waals surface area contributed by atoms with Crippen molar-refractivity contribution < 1.29 is 56.1 Å². The molecule has 0 spiro atoms. The molecule has 6 aromatic heterocycles. The van der Waals surface area contributed by atoms with E-state index in [4.69, 9.17) is 53.5 Å². The van der Waals surface area contributed by atoms with Gasteiger partial charge in [0.1, 0.15) is 16.4 Å². The Kier molecular flexibility index (Phi) is 24.7. The largest absolute Gasteiger partial charge is 0.488 e. The fourth-order valence-corrected chi connectivity index (χ4v) is 12.0. The second kappa shape index (κ2) is 32.1. The van der Waals surface area contributed by atoms with Crippen LogP contribution in [0.1, 0.15) is 231 Å². The molecule has 4 aliphatic rings. The van der Waals surface area contributed by atoms with Crippen molar-refractivity contribution in [3.05, 3.63) is 141 Å². The Hall–Kier alpha value is -8.48. The van der Waals surface area contributed by atoms with Crippen molar-refractivity contribution in [1.29, 1.82) is 0 Å². The van der Waals surface area contributed by atoms with Gasteiger partial charge in [-0.15, -0.1) is 20.4 Å². The summed E-state index contributed by atoms with van der Waals surface area (Å²) < 4.78 is 50.8. The van der Waals surface area contributed by atoms with Crippen molar-refractivity contribution in [3.8, 4) is 11.3 Å². The highest BCUT2D eigenvalue weighted by molar-refractivity contribution is 9.10. The van der Waals surface area contributed by atoms with Crippen molar-refractivity contribution in [2.75, 3.05) is 23.7 Å². The number of Topliss-reactive ketones (excluding diaryl/α,β-unsaturated/α-hetero) is 2. The van der Waals surface area contributed by atoms with Gasteiger partial charge < -0.3 is 57.4 Å². The van der Waals surface area contributed by atoms with E-state index in [2.05, 4.69) is 72.1 Å². The molecule has 32 heteroatoms. The number of aryl methyl sites for hydroxylation is 2. The minimum absolute atomic E-state index is 0.00553. The number of aromatic nitrogens is 12. The maximum absolute atomic E-state index is 13.3. The van der Waals surface area contributed by atoms with Gasteiger partial charge in [0.2, 0.25) is 35.2 Å². The summed E-state index contributed by atoms with van der Waals surface area (Å²) in [6.45, 7) is 40.7. The lowest BCUT2D eigenvalue weighted by molar-refractivity contribution is 0.00578. The molecule has 28 nitrogen and oxygen atoms in total. The second-order valence-corrected chi connectivity index (χ2v) is 34.2. The molecule has 8 aromatic rings. The number of carbonyl (C=O) groups is 4. The molecule has 12 rings (SSSR count). The predicted octanol–water partition coefficient (Wildman–Crippen LogP) is 15.3. The minimum Gasteiger partial charge on any atom is -0.444 e. The van der Waals surface area contributed by atoms with Crippen LogP contribution >= 0.6 is 27.5 Å². The van der Waals surface area contributed by atoms with Crippen molar-refractivity contribution in [2.45, 2.75) is 234 Å². The summed E-state index contributed by atoms with van der Waals surface area (Å²) in [6, 6.07) is 15.5. The number of hydrogen-bond donors (Lipinski definition) is 2.